The van der Waals surface area contributed by atoms with E-state index in [1.165, 1.54) is 5.56 Å². The Morgan fingerprint density at radius 3 is 2.29 bits per heavy atom. The highest BCUT2D eigenvalue weighted by Gasteiger charge is 2.16. The number of benzene rings is 1. The molecule has 0 atom stereocenters. The Bertz CT molecular complexity index is 713. The summed E-state index contributed by atoms with van der Waals surface area (Å²) in [5.74, 6) is 2.10. The molecule has 0 saturated heterocycles. The topological polar surface area (TPSA) is 38.3 Å². The number of aromatic nitrogens is 2. The van der Waals surface area contributed by atoms with E-state index in [1.54, 1.807) is 6.20 Å². The fraction of sp³-hybridized carbons (Fsp3) is 0.400. The SMILES string of the molecule is C=C(OCC)c1cnc(-c2ccc(C(C)(C)C)cc2)nc1N(C)C. The number of rotatable bonds is 5. The van der Waals surface area contributed by atoms with Gasteiger partial charge in [-0.15, -0.1) is 0 Å². The average molecular weight is 325 g/mol. The van der Waals surface area contributed by atoms with Gasteiger partial charge in [-0.3, -0.25) is 0 Å². The molecular weight excluding hydrogens is 298 g/mol. The Morgan fingerprint density at radius 1 is 1.17 bits per heavy atom. The molecule has 2 aromatic rings. The second kappa shape index (κ2) is 7.04. The largest absolute Gasteiger partial charge is 0.494 e. The van der Waals surface area contributed by atoms with Crippen molar-refractivity contribution in [3.05, 3.63) is 48.2 Å². The van der Waals surface area contributed by atoms with Crippen molar-refractivity contribution in [3.8, 4) is 11.4 Å². The van der Waals surface area contributed by atoms with Crippen LogP contribution in [0.15, 0.2) is 37.0 Å². The maximum absolute atomic E-state index is 5.52. The van der Waals surface area contributed by atoms with Gasteiger partial charge in [0.1, 0.15) is 11.6 Å². The molecule has 4 nitrogen and oxygen atoms in total. The molecule has 0 N–H and O–H groups in total. The molecular formula is C20H27N3O. The van der Waals surface area contributed by atoms with E-state index in [0.29, 0.717) is 18.2 Å². The van der Waals surface area contributed by atoms with Gasteiger partial charge in [-0.2, -0.15) is 0 Å². The predicted octanol–water partition coefficient (Wildman–Crippen LogP) is 4.51. The highest BCUT2D eigenvalue weighted by atomic mass is 16.5. The van der Waals surface area contributed by atoms with E-state index in [2.05, 4.69) is 56.6 Å². The Morgan fingerprint density at radius 2 is 1.79 bits per heavy atom. The summed E-state index contributed by atoms with van der Waals surface area (Å²) in [6.07, 6.45) is 1.79. The summed E-state index contributed by atoms with van der Waals surface area (Å²) < 4.78 is 5.52. The first kappa shape index (κ1) is 18.0. The van der Waals surface area contributed by atoms with Gasteiger partial charge in [0.15, 0.2) is 5.82 Å². The summed E-state index contributed by atoms with van der Waals surface area (Å²) >= 11 is 0. The van der Waals surface area contributed by atoms with Crippen molar-refractivity contribution in [2.24, 2.45) is 0 Å². The number of anilines is 1. The highest BCUT2D eigenvalue weighted by molar-refractivity contribution is 5.70. The lowest BCUT2D eigenvalue weighted by Gasteiger charge is -2.20. The van der Waals surface area contributed by atoms with Crippen LogP contribution in [0.4, 0.5) is 5.82 Å². The first-order chi connectivity index (χ1) is 11.2. The molecule has 0 unspecified atom stereocenters. The molecule has 0 amide bonds. The molecule has 0 aliphatic carbocycles. The van der Waals surface area contributed by atoms with Crippen LogP contribution in [0, 0.1) is 0 Å². The maximum atomic E-state index is 5.52. The third kappa shape index (κ3) is 3.94. The highest BCUT2D eigenvalue weighted by Crippen LogP contribution is 2.28. The molecule has 0 spiro atoms. The van der Waals surface area contributed by atoms with E-state index in [4.69, 9.17) is 9.72 Å². The summed E-state index contributed by atoms with van der Waals surface area (Å²) in [6, 6.07) is 8.43. The van der Waals surface area contributed by atoms with E-state index in [0.717, 1.165) is 16.9 Å². The second-order valence-corrected chi connectivity index (χ2v) is 7.01. The van der Waals surface area contributed by atoms with Crippen LogP contribution >= 0.6 is 0 Å². The molecule has 24 heavy (non-hydrogen) atoms. The fourth-order valence-electron chi connectivity index (χ4n) is 2.42. The van der Waals surface area contributed by atoms with Gasteiger partial charge in [0.2, 0.25) is 0 Å². The number of hydrogen-bond donors (Lipinski definition) is 0. The van der Waals surface area contributed by atoms with E-state index >= 15 is 0 Å². The van der Waals surface area contributed by atoms with Crippen LogP contribution in [-0.2, 0) is 10.2 Å². The normalized spacial score (nSPS) is 11.2. The van der Waals surface area contributed by atoms with Crippen LogP contribution in [0.2, 0.25) is 0 Å². The number of nitrogens with zero attached hydrogens (tertiary/aromatic N) is 3. The van der Waals surface area contributed by atoms with E-state index < -0.39 is 0 Å². The smallest absolute Gasteiger partial charge is 0.161 e. The zero-order valence-electron chi connectivity index (χ0n) is 15.6. The van der Waals surface area contributed by atoms with Crippen molar-refractivity contribution < 1.29 is 4.74 Å². The first-order valence-corrected chi connectivity index (χ1v) is 8.21. The Hall–Kier alpha value is -2.36. The van der Waals surface area contributed by atoms with Gasteiger partial charge < -0.3 is 9.64 Å². The van der Waals surface area contributed by atoms with Gasteiger partial charge in [0.05, 0.1) is 12.2 Å². The second-order valence-electron chi connectivity index (χ2n) is 7.01. The Labute approximate surface area is 145 Å². The van der Waals surface area contributed by atoms with Gasteiger partial charge in [-0.25, -0.2) is 9.97 Å². The van der Waals surface area contributed by atoms with E-state index in [9.17, 15) is 0 Å². The standard InChI is InChI=1S/C20H27N3O/c1-8-24-14(2)17-13-21-18(22-19(17)23(6)7)15-9-11-16(12-10-15)20(3,4)5/h9-13H,2,8H2,1,3-7H3. The lowest BCUT2D eigenvalue weighted by atomic mass is 9.87. The minimum atomic E-state index is 0.132. The molecule has 0 aliphatic heterocycles. The number of ether oxygens (including phenoxy) is 1. The van der Waals surface area contributed by atoms with Crippen LogP contribution in [0.25, 0.3) is 17.1 Å². The van der Waals surface area contributed by atoms with Gasteiger partial charge in [-0.05, 0) is 17.9 Å². The quantitative estimate of drug-likeness (QED) is 0.758. The van der Waals surface area contributed by atoms with Gasteiger partial charge in [-0.1, -0.05) is 51.6 Å². The molecule has 0 aliphatic rings. The zero-order valence-corrected chi connectivity index (χ0v) is 15.6. The third-order valence-electron chi connectivity index (χ3n) is 3.82. The summed E-state index contributed by atoms with van der Waals surface area (Å²) in [7, 11) is 3.91. The molecule has 0 bridgehead atoms. The molecule has 0 radical (unpaired) electrons. The van der Waals surface area contributed by atoms with Crippen molar-refractivity contribution in [1.82, 2.24) is 9.97 Å². The lowest BCUT2D eigenvalue weighted by Crippen LogP contribution is -2.15. The summed E-state index contributed by atoms with van der Waals surface area (Å²) in [5.41, 5.74) is 3.24. The minimum Gasteiger partial charge on any atom is -0.494 e. The van der Waals surface area contributed by atoms with Crippen molar-refractivity contribution in [2.45, 2.75) is 33.1 Å². The van der Waals surface area contributed by atoms with E-state index in [-0.39, 0.29) is 5.41 Å². The maximum Gasteiger partial charge on any atom is 0.161 e. The molecule has 1 aromatic heterocycles. The molecule has 1 heterocycles. The van der Waals surface area contributed by atoms with Crippen molar-refractivity contribution in [3.63, 3.8) is 0 Å². The predicted molar refractivity (Wildman–Crippen MR) is 101 cm³/mol. The fourth-order valence-corrected chi connectivity index (χ4v) is 2.42. The molecule has 128 valence electrons. The zero-order chi connectivity index (χ0) is 17.9. The van der Waals surface area contributed by atoms with Crippen LogP contribution in [0.3, 0.4) is 0 Å². The summed E-state index contributed by atoms with van der Waals surface area (Å²) in [4.78, 5) is 11.2. The number of hydrogen-bond acceptors (Lipinski definition) is 4. The lowest BCUT2D eigenvalue weighted by molar-refractivity contribution is 0.299. The van der Waals surface area contributed by atoms with Gasteiger partial charge in [0, 0.05) is 25.9 Å². The molecule has 0 saturated carbocycles. The molecule has 2 rings (SSSR count). The minimum absolute atomic E-state index is 0.132. The van der Waals surface area contributed by atoms with Crippen LogP contribution < -0.4 is 4.90 Å². The average Bonchev–Trinajstić information content (AvgIpc) is 2.53. The van der Waals surface area contributed by atoms with E-state index in [1.807, 2.05) is 25.9 Å². The Kier molecular flexibility index (Phi) is 5.27. The summed E-state index contributed by atoms with van der Waals surface area (Å²) in [5, 5.41) is 0. The third-order valence-corrected chi connectivity index (χ3v) is 3.82. The van der Waals surface area contributed by atoms with Crippen molar-refractivity contribution in [2.75, 3.05) is 25.6 Å². The van der Waals surface area contributed by atoms with Gasteiger partial charge in [0.25, 0.3) is 0 Å². The van der Waals surface area contributed by atoms with Gasteiger partial charge >= 0.3 is 0 Å². The first-order valence-electron chi connectivity index (χ1n) is 8.21. The molecule has 1 aromatic carbocycles. The van der Waals surface area contributed by atoms with Crippen LogP contribution in [-0.4, -0.2) is 30.7 Å². The monoisotopic (exact) mass is 325 g/mol. The van der Waals surface area contributed by atoms with Crippen LogP contribution in [0.5, 0.6) is 0 Å². The molecule has 4 heteroatoms. The Balaban J connectivity index is 2.41. The van der Waals surface area contributed by atoms with Crippen LogP contribution in [0.1, 0.15) is 38.8 Å². The summed E-state index contributed by atoms with van der Waals surface area (Å²) in [6.45, 7) is 13.1. The van der Waals surface area contributed by atoms with Crippen molar-refractivity contribution >= 4 is 11.6 Å². The molecule has 0 fully saturated rings. The van der Waals surface area contributed by atoms with Crippen molar-refractivity contribution in [1.29, 1.82) is 0 Å².